The number of hydrogen-bond donors (Lipinski definition) is 1. The van der Waals surface area contributed by atoms with Crippen LogP contribution in [0.25, 0.3) is 0 Å². The Balaban J connectivity index is 1.35. The van der Waals surface area contributed by atoms with Gasteiger partial charge < -0.3 is 9.80 Å². The summed E-state index contributed by atoms with van der Waals surface area (Å²) in [5, 5.41) is 4.72. The van der Waals surface area contributed by atoms with Crippen LogP contribution in [-0.4, -0.2) is 63.8 Å². The van der Waals surface area contributed by atoms with E-state index in [4.69, 9.17) is 15.0 Å². The highest BCUT2D eigenvalue weighted by Crippen LogP contribution is 2.32. The van der Waals surface area contributed by atoms with Gasteiger partial charge in [0, 0.05) is 54.5 Å². The zero-order chi connectivity index (χ0) is 24.4. The molecule has 1 saturated carbocycles. The van der Waals surface area contributed by atoms with E-state index in [2.05, 4.69) is 41.0 Å². The van der Waals surface area contributed by atoms with Gasteiger partial charge in [0.2, 0.25) is 11.9 Å². The van der Waals surface area contributed by atoms with Crippen molar-refractivity contribution in [3.63, 3.8) is 0 Å². The molecule has 8 nitrogen and oxygen atoms in total. The van der Waals surface area contributed by atoms with Crippen molar-refractivity contribution in [1.82, 2.24) is 24.8 Å². The van der Waals surface area contributed by atoms with Crippen molar-refractivity contribution in [3.8, 4) is 0 Å². The Bertz CT molecular complexity index is 1170. The molecule has 35 heavy (non-hydrogen) atoms. The third-order valence-corrected chi connectivity index (χ3v) is 8.33. The molecule has 1 saturated heterocycles. The third-order valence-electron chi connectivity index (χ3n) is 6.24. The molecule has 3 heterocycles. The number of nitrogens with one attached hydrogen (secondary N) is 1. The Morgan fingerprint density at radius 2 is 1.86 bits per heavy atom. The molecule has 0 spiro atoms. The number of anilines is 3. The lowest BCUT2D eigenvalue weighted by molar-refractivity contribution is -0.119. The fourth-order valence-electron chi connectivity index (χ4n) is 3.83. The molecule has 1 aromatic carbocycles. The van der Waals surface area contributed by atoms with Crippen molar-refractivity contribution in [3.05, 3.63) is 40.9 Å². The first-order chi connectivity index (χ1) is 16.9. The van der Waals surface area contributed by atoms with E-state index in [-0.39, 0.29) is 0 Å². The quantitative estimate of drug-likeness (QED) is 0.444. The molecule has 2 fully saturated rings. The summed E-state index contributed by atoms with van der Waals surface area (Å²) in [6, 6.07) is 8.16. The second-order valence-corrected chi connectivity index (χ2v) is 11.6. The largest absolute Gasteiger partial charge is 0.338 e. The van der Waals surface area contributed by atoms with Gasteiger partial charge >= 0.3 is 0 Å². The molecule has 0 bridgehead atoms. The Hall–Kier alpha value is -2.56. The van der Waals surface area contributed by atoms with Crippen molar-refractivity contribution in [1.29, 1.82) is 0 Å². The molecule has 3 aromatic rings. The van der Waals surface area contributed by atoms with E-state index < -0.39 is 0 Å². The fraction of sp³-hybridized carbons (Fsp3) is 0.480. The first-order valence-corrected chi connectivity index (χ1v) is 13.8. The van der Waals surface area contributed by atoms with E-state index >= 15 is 0 Å². The van der Waals surface area contributed by atoms with Crippen LogP contribution in [0.5, 0.6) is 0 Å². The lowest BCUT2D eigenvalue weighted by Crippen LogP contribution is -2.45. The fourth-order valence-corrected chi connectivity index (χ4v) is 5.39. The van der Waals surface area contributed by atoms with Gasteiger partial charge in [-0.2, -0.15) is 15.0 Å². The van der Waals surface area contributed by atoms with Crippen LogP contribution in [-0.2, 0) is 11.2 Å². The molecule has 184 valence electrons. The number of benzene rings is 1. The van der Waals surface area contributed by atoms with E-state index in [1.54, 1.807) is 11.3 Å². The highest BCUT2D eigenvalue weighted by molar-refractivity contribution is 7.99. The topological polar surface area (TPSA) is 87.1 Å². The van der Waals surface area contributed by atoms with E-state index in [9.17, 15) is 4.79 Å². The molecular weight excluding hydrogens is 478 g/mol. The summed E-state index contributed by atoms with van der Waals surface area (Å²) < 4.78 is 0. The second kappa shape index (κ2) is 10.6. The van der Waals surface area contributed by atoms with Crippen LogP contribution < -0.4 is 10.2 Å². The number of Topliss-reactive ketones (excluding diaryl/α,β-unsaturated/α-hetero) is 1. The summed E-state index contributed by atoms with van der Waals surface area (Å²) in [5.74, 6) is 2.27. The van der Waals surface area contributed by atoms with Crippen LogP contribution in [0, 0.1) is 5.92 Å². The number of rotatable bonds is 9. The van der Waals surface area contributed by atoms with Crippen molar-refractivity contribution >= 4 is 45.9 Å². The molecule has 0 atom stereocenters. The molecule has 1 aliphatic heterocycles. The Morgan fingerprint density at radius 3 is 2.51 bits per heavy atom. The van der Waals surface area contributed by atoms with Gasteiger partial charge in [-0.3, -0.25) is 10.1 Å². The molecule has 2 aromatic heterocycles. The predicted molar refractivity (Wildman–Crippen MR) is 141 cm³/mol. The van der Waals surface area contributed by atoms with E-state index in [0.29, 0.717) is 41.1 Å². The van der Waals surface area contributed by atoms with Gasteiger partial charge in [0.05, 0.1) is 0 Å². The lowest BCUT2D eigenvalue weighted by Gasteiger charge is -2.32. The van der Waals surface area contributed by atoms with Crippen LogP contribution in [0.15, 0.2) is 40.5 Å². The maximum atomic E-state index is 12.1. The molecule has 5 rings (SSSR count). The number of carbonyl (C=O) groups excluding carboxylic acids is 1. The van der Waals surface area contributed by atoms with Gasteiger partial charge in [-0.25, -0.2) is 4.98 Å². The van der Waals surface area contributed by atoms with Crippen LogP contribution in [0.1, 0.15) is 43.0 Å². The first-order valence-electron chi connectivity index (χ1n) is 12.1. The maximum Gasteiger partial charge on any atom is 0.234 e. The van der Waals surface area contributed by atoms with Crippen molar-refractivity contribution in [2.75, 3.05) is 43.4 Å². The molecule has 10 heteroatoms. The van der Waals surface area contributed by atoms with Crippen molar-refractivity contribution in [2.24, 2.45) is 5.92 Å². The van der Waals surface area contributed by atoms with E-state index in [1.165, 1.54) is 16.6 Å². The van der Waals surface area contributed by atoms with Gasteiger partial charge in [-0.15, -0.1) is 11.3 Å². The summed E-state index contributed by atoms with van der Waals surface area (Å²) in [6.07, 6.45) is 4.54. The monoisotopic (exact) mass is 509 g/mol. The van der Waals surface area contributed by atoms with Crippen molar-refractivity contribution in [2.45, 2.75) is 49.1 Å². The molecular formula is C25H31N7OS2. The summed E-state index contributed by atoms with van der Waals surface area (Å²) in [6.45, 7) is 8.02. The highest BCUT2D eigenvalue weighted by atomic mass is 32.2. The third kappa shape index (κ3) is 6.36. The summed E-state index contributed by atoms with van der Waals surface area (Å²) in [5.41, 5.74) is 1.06. The minimum absolute atomic E-state index is 0.294. The average Bonchev–Trinajstić information content (AvgIpc) is 3.59. The van der Waals surface area contributed by atoms with Crippen molar-refractivity contribution < 1.29 is 4.79 Å². The number of aromatic nitrogens is 4. The van der Waals surface area contributed by atoms with Gasteiger partial charge in [-0.05, 0) is 55.3 Å². The smallest absolute Gasteiger partial charge is 0.234 e. The Kier molecular flexibility index (Phi) is 7.31. The second-order valence-electron chi connectivity index (χ2n) is 9.54. The van der Waals surface area contributed by atoms with Crippen LogP contribution in [0.2, 0.25) is 0 Å². The van der Waals surface area contributed by atoms with Crippen LogP contribution >= 0.6 is 23.1 Å². The molecule has 1 N–H and O–H groups in total. The first kappa shape index (κ1) is 24.1. The number of piperazine rings is 1. The lowest BCUT2D eigenvalue weighted by atomic mass is 10.1. The molecule has 2 aliphatic rings. The number of hydrogen-bond acceptors (Lipinski definition) is 10. The van der Waals surface area contributed by atoms with Gasteiger partial charge in [0.1, 0.15) is 5.78 Å². The number of thiazole rings is 1. The molecule has 0 radical (unpaired) electrons. The van der Waals surface area contributed by atoms with Crippen LogP contribution in [0.3, 0.4) is 0 Å². The van der Waals surface area contributed by atoms with E-state index in [0.717, 1.165) is 54.6 Å². The number of carbonyl (C=O) groups is 1. The number of likely N-dealkylation sites (N-methyl/N-ethyl adjacent to an activating group) is 1. The van der Waals surface area contributed by atoms with Gasteiger partial charge in [0.25, 0.3) is 0 Å². The summed E-state index contributed by atoms with van der Waals surface area (Å²) >= 11 is 3.13. The Morgan fingerprint density at radius 1 is 1.11 bits per heavy atom. The predicted octanol–water partition coefficient (Wildman–Crippen LogP) is 4.62. The summed E-state index contributed by atoms with van der Waals surface area (Å²) in [7, 11) is 2.13. The molecule has 1 aliphatic carbocycles. The zero-order valence-electron chi connectivity index (χ0n) is 20.4. The standard InChI is InChI=1S/C25H31N7OS2/c1-16(2)21-15-26-24(35-21)28-22-27-23(32-12-10-31(3)11-13-32)30-25(29-22)34-19-8-4-17(5-9-19)14-20(33)18-6-7-18/h4-5,8-9,15-16,18H,6-7,10-14H2,1-3H3,(H,26,27,28,29,30). The minimum atomic E-state index is 0.294. The minimum Gasteiger partial charge on any atom is -0.338 e. The normalized spacial score (nSPS) is 16.6. The summed E-state index contributed by atoms with van der Waals surface area (Å²) in [4.78, 5) is 37.6. The number of ketones is 1. The average molecular weight is 510 g/mol. The zero-order valence-corrected chi connectivity index (χ0v) is 22.0. The van der Waals surface area contributed by atoms with Crippen LogP contribution in [0.4, 0.5) is 17.0 Å². The van der Waals surface area contributed by atoms with Gasteiger partial charge in [-0.1, -0.05) is 26.0 Å². The highest BCUT2D eigenvalue weighted by Gasteiger charge is 2.29. The molecule has 0 amide bonds. The SMILES string of the molecule is CC(C)c1cnc(Nc2nc(Sc3ccc(CC(=O)C4CC4)cc3)nc(N3CCN(C)CC3)n2)s1. The van der Waals surface area contributed by atoms with E-state index in [1.807, 2.05) is 30.5 Å². The molecule has 0 unspecified atom stereocenters. The Labute approximate surface area is 214 Å². The maximum absolute atomic E-state index is 12.1. The van der Waals surface area contributed by atoms with Gasteiger partial charge in [0.15, 0.2) is 10.3 Å². The number of nitrogens with zero attached hydrogens (tertiary/aromatic N) is 6.